The molecule has 1 aromatic heterocycles. The molecule has 0 unspecified atom stereocenters. The quantitative estimate of drug-likeness (QED) is 0.897. The van der Waals surface area contributed by atoms with Crippen molar-refractivity contribution in [3.63, 3.8) is 0 Å². The number of fused-ring (bicyclic) bond motifs is 1. The van der Waals surface area contributed by atoms with Crippen LogP contribution in [0.15, 0.2) is 29.6 Å². The molecule has 1 saturated carbocycles. The molecule has 3 nitrogen and oxygen atoms in total. The number of thiophene rings is 1. The molecule has 3 rings (SSSR count). The molecule has 0 spiro atoms. The Morgan fingerprint density at radius 1 is 1.26 bits per heavy atom. The molecule has 0 bridgehead atoms. The SMILES string of the molecule is O=C(CNc1ccc2sccc2c1)NC1CCCC1. The van der Waals surface area contributed by atoms with Gasteiger partial charge in [0, 0.05) is 16.4 Å². The maximum atomic E-state index is 11.8. The fourth-order valence-electron chi connectivity index (χ4n) is 2.61. The van der Waals surface area contributed by atoms with Gasteiger partial charge in [0.1, 0.15) is 0 Å². The van der Waals surface area contributed by atoms with Crippen LogP contribution in [0.3, 0.4) is 0 Å². The average molecular weight is 274 g/mol. The van der Waals surface area contributed by atoms with Gasteiger partial charge in [-0.05, 0) is 47.9 Å². The maximum absolute atomic E-state index is 11.8. The van der Waals surface area contributed by atoms with E-state index in [1.54, 1.807) is 11.3 Å². The fraction of sp³-hybridized carbons (Fsp3) is 0.400. The first-order valence-electron chi connectivity index (χ1n) is 6.82. The molecular weight excluding hydrogens is 256 g/mol. The van der Waals surface area contributed by atoms with Crippen molar-refractivity contribution in [1.29, 1.82) is 0 Å². The molecule has 1 fully saturated rings. The van der Waals surface area contributed by atoms with Crippen LogP contribution in [0.2, 0.25) is 0 Å². The van der Waals surface area contributed by atoms with Crippen LogP contribution >= 0.6 is 11.3 Å². The van der Waals surface area contributed by atoms with Gasteiger partial charge in [-0.1, -0.05) is 12.8 Å². The fourth-order valence-corrected chi connectivity index (χ4v) is 3.38. The zero-order valence-electron chi connectivity index (χ0n) is 10.8. The number of nitrogens with one attached hydrogen (secondary N) is 2. The molecule has 0 radical (unpaired) electrons. The summed E-state index contributed by atoms with van der Waals surface area (Å²) in [6.45, 7) is 0.353. The molecule has 0 saturated heterocycles. The highest BCUT2D eigenvalue weighted by molar-refractivity contribution is 7.17. The Hall–Kier alpha value is -1.55. The van der Waals surface area contributed by atoms with E-state index >= 15 is 0 Å². The van der Waals surface area contributed by atoms with Crippen LogP contribution in [0.1, 0.15) is 25.7 Å². The van der Waals surface area contributed by atoms with E-state index in [9.17, 15) is 4.79 Å². The van der Waals surface area contributed by atoms with Gasteiger partial charge in [-0.25, -0.2) is 0 Å². The van der Waals surface area contributed by atoms with Gasteiger partial charge in [-0.15, -0.1) is 11.3 Å². The minimum Gasteiger partial charge on any atom is -0.376 e. The highest BCUT2D eigenvalue weighted by atomic mass is 32.1. The second kappa shape index (κ2) is 5.61. The van der Waals surface area contributed by atoms with Crippen molar-refractivity contribution in [2.45, 2.75) is 31.7 Å². The van der Waals surface area contributed by atoms with Crippen molar-refractivity contribution < 1.29 is 4.79 Å². The number of amides is 1. The lowest BCUT2D eigenvalue weighted by atomic mass is 10.2. The molecular formula is C15H18N2OS. The lowest BCUT2D eigenvalue weighted by molar-refractivity contribution is -0.120. The normalized spacial score (nSPS) is 15.8. The van der Waals surface area contributed by atoms with Crippen molar-refractivity contribution in [2.24, 2.45) is 0 Å². The predicted molar refractivity (Wildman–Crippen MR) is 80.7 cm³/mol. The summed E-state index contributed by atoms with van der Waals surface area (Å²) in [5.74, 6) is 0.0947. The summed E-state index contributed by atoms with van der Waals surface area (Å²) in [7, 11) is 0. The van der Waals surface area contributed by atoms with Gasteiger partial charge >= 0.3 is 0 Å². The summed E-state index contributed by atoms with van der Waals surface area (Å²) in [5.41, 5.74) is 1.01. The zero-order valence-corrected chi connectivity index (χ0v) is 11.6. The Balaban J connectivity index is 1.54. The highest BCUT2D eigenvalue weighted by Gasteiger charge is 2.16. The maximum Gasteiger partial charge on any atom is 0.239 e. The molecule has 1 heterocycles. The van der Waals surface area contributed by atoms with Crippen molar-refractivity contribution >= 4 is 33.0 Å². The van der Waals surface area contributed by atoms with E-state index in [1.165, 1.54) is 22.9 Å². The van der Waals surface area contributed by atoms with E-state index < -0.39 is 0 Å². The third-order valence-corrected chi connectivity index (χ3v) is 4.52. The predicted octanol–water partition coefficient (Wildman–Crippen LogP) is 3.37. The Morgan fingerprint density at radius 3 is 2.95 bits per heavy atom. The second-order valence-electron chi connectivity index (χ2n) is 5.08. The van der Waals surface area contributed by atoms with Gasteiger partial charge in [-0.2, -0.15) is 0 Å². The molecule has 1 amide bonds. The van der Waals surface area contributed by atoms with E-state index in [2.05, 4.69) is 34.2 Å². The zero-order chi connectivity index (χ0) is 13.1. The number of hydrogen-bond acceptors (Lipinski definition) is 3. The molecule has 4 heteroatoms. The number of carbonyl (C=O) groups is 1. The first kappa shape index (κ1) is 12.5. The summed E-state index contributed by atoms with van der Waals surface area (Å²) in [6, 6.07) is 8.71. The largest absolute Gasteiger partial charge is 0.376 e. The minimum atomic E-state index is 0.0947. The molecule has 0 aliphatic heterocycles. The minimum absolute atomic E-state index is 0.0947. The van der Waals surface area contributed by atoms with Gasteiger partial charge in [0.2, 0.25) is 5.91 Å². The van der Waals surface area contributed by atoms with Crippen molar-refractivity contribution in [3.05, 3.63) is 29.6 Å². The van der Waals surface area contributed by atoms with Crippen LogP contribution in [-0.4, -0.2) is 18.5 Å². The molecule has 1 aliphatic carbocycles. The Morgan fingerprint density at radius 2 is 2.11 bits per heavy atom. The third kappa shape index (κ3) is 3.07. The number of anilines is 1. The van der Waals surface area contributed by atoms with Gasteiger partial charge in [0.25, 0.3) is 0 Å². The molecule has 0 atom stereocenters. The van der Waals surface area contributed by atoms with Crippen LogP contribution in [0.5, 0.6) is 0 Å². The summed E-state index contributed by atoms with van der Waals surface area (Å²) >= 11 is 1.73. The van der Waals surface area contributed by atoms with E-state index in [4.69, 9.17) is 0 Å². The number of rotatable bonds is 4. The highest BCUT2D eigenvalue weighted by Crippen LogP contribution is 2.23. The van der Waals surface area contributed by atoms with Crippen LogP contribution in [0, 0.1) is 0 Å². The van der Waals surface area contributed by atoms with E-state index in [1.807, 2.05) is 6.07 Å². The number of hydrogen-bond donors (Lipinski definition) is 2. The van der Waals surface area contributed by atoms with Gasteiger partial charge in [0.15, 0.2) is 0 Å². The summed E-state index contributed by atoms with van der Waals surface area (Å²) in [5, 5.41) is 9.59. The molecule has 2 aromatic rings. The van der Waals surface area contributed by atoms with Crippen molar-refractivity contribution in [3.8, 4) is 0 Å². The summed E-state index contributed by atoms with van der Waals surface area (Å²) in [4.78, 5) is 11.8. The van der Waals surface area contributed by atoms with Crippen LogP contribution in [0.4, 0.5) is 5.69 Å². The van der Waals surface area contributed by atoms with Gasteiger partial charge < -0.3 is 10.6 Å². The lowest BCUT2D eigenvalue weighted by Gasteiger charge is -2.12. The monoisotopic (exact) mass is 274 g/mol. The van der Waals surface area contributed by atoms with E-state index in [0.29, 0.717) is 12.6 Å². The van der Waals surface area contributed by atoms with Crippen LogP contribution in [-0.2, 0) is 4.79 Å². The molecule has 19 heavy (non-hydrogen) atoms. The first-order valence-corrected chi connectivity index (χ1v) is 7.70. The van der Waals surface area contributed by atoms with Crippen molar-refractivity contribution in [1.82, 2.24) is 5.32 Å². The summed E-state index contributed by atoms with van der Waals surface area (Å²) in [6.07, 6.45) is 4.75. The van der Waals surface area contributed by atoms with Gasteiger partial charge in [-0.3, -0.25) is 4.79 Å². The molecule has 1 aromatic carbocycles. The Kier molecular flexibility index (Phi) is 3.69. The summed E-state index contributed by atoms with van der Waals surface area (Å²) < 4.78 is 1.28. The number of benzene rings is 1. The molecule has 100 valence electrons. The van der Waals surface area contributed by atoms with E-state index in [-0.39, 0.29) is 5.91 Å². The first-order chi connectivity index (χ1) is 9.31. The topological polar surface area (TPSA) is 41.1 Å². The van der Waals surface area contributed by atoms with Crippen molar-refractivity contribution in [2.75, 3.05) is 11.9 Å². The Bertz CT molecular complexity index is 572. The molecule has 2 N–H and O–H groups in total. The van der Waals surface area contributed by atoms with Crippen LogP contribution < -0.4 is 10.6 Å². The molecule has 1 aliphatic rings. The van der Waals surface area contributed by atoms with E-state index in [0.717, 1.165) is 18.5 Å². The smallest absolute Gasteiger partial charge is 0.239 e. The third-order valence-electron chi connectivity index (χ3n) is 3.63. The Labute approximate surface area is 117 Å². The standard InChI is InChI=1S/C15H18N2OS/c18-15(17-12-3-1-2-4-12)10-16-13-5-6-14-11(9-13)7-8-19-14/h5-9,12,16H,1-4,10H2,(H,17,18). The second-order valence-corrected chi connectivity index (χ2v) is 6.02. The number of carbonyl (C=O) groups excluding carboxylic acids is 1. The average Bonchev–Trinajstić information content (AvgIpc) is 3.06. The lowest BCUT2D eigenvalue weighted by Crippen LogP contribution is -2.36. The van der Waals surface area contributed by atoms with Gasteiger partial charge in [0.05, 0.1) is 6.54 Å². The van der Waals surface area contributed by atoms with Crippen LogP contribution in [0.25, 0.3) is 10.1 Å².